The Labute approximate surface area is 108 Å². The Balaban J connectivity index is 2.39. The van der Waals surface area contributed by atoms with Crippen molar-refractivity contribution in [2.75, 3.05) is 0 Å². The SMILES string of the molecule is Cc1cc(F)ccc1C(O)c1cc(C)c(Cl)s1. The highest BCUT2D eigenvalue weighted by Gasteiger charge is 2.16. The Morgan fingerprint density at radius 3 is 2.47 bits per heavy atom. The third kappa shape index (κ3) is 2.51. The lowest BCUT2D eigenvalue weighted by Crippen LogP contribution is -2.00. The van der Waals surface area contributed by atoms with E-state index in [9.17, 15) is 9.50 Å². The Morgan fingerprint density at radius 1 is 1.24 bits per heavy atom. The molecule has 0 amide bonds. The van der Waals surface area contributed by atoms with Gasteiger partial charge in [0.25, 0.3) is 0 Å². The van der Waals surface area contributed by atoms with Crippen LogP contribution in [0.2, 0.25) is 4.34 Å². The first kappa shape index (κ1) is 12.6. The number of thiophene rings is 1. The van der Waals surface area contributed by atoms with E-state index < -0.39 is 6.10 Å². The fourth-order valence-electron chi connectivity index (χ4n) is 1.72. The summed E-state index contributed by atoms with van der Waals surface area (Å²) in [4.78, 5) is 0.780. The second-order valence-electron chi connectivity index (χ2n) is 4.01. The molecule has 2 rings (SSSR count). The molecule has 0 spiro atoms. The van der Waals surface area contributed by atoms with Gasteiger partial charge < -0.3 is 5.11 Å². The van der Waals surface area contributed by atoms with Gasteiger partial charge in [0.15, 0.2) is 0 Å². The van der Waals surface area contributed by atoms with Crippen molar-refractivity contribution in [3.8, 4) is 0 Å². The number of rotatable bonds is 2. The lowest BCUT2D eigenvalue weighted by Gasteiger charge is -2.11. The molecule has 90 valence electrons. The molecule has 1 aromatic carbocycles. The molecular formula is C13H12ClFOS. The summed E-state index contributed by atoms with van der Waals surface area (Å²) in [5.74, 6) is -0.293. The predicted molar refractivity (Wildman–Crippen MR) is 69.3 cm³/mol. The van der Waals surface area contributed by atoms with Gasteiger partial charge in [0.1, 0.15) is 11.9 Å². The normalized spacial score (nSPS) is 12.8. The number of hydrogen-bond acceptors (Lipinski definition) is 2. The van der Waals surface area contributed by atoms with Gasteiger partial charge in [-0.3, -0.25) is 0 Å². The van der Waals surface area contributed by atoms with E-state index in [0.29, 0.717) is 9.90 Å². The minimum atomic E-state index is -0.744. The van der Waals surface area contributed by atoms with Crippen LogP contribution in [0.15, 0.2) is 24.3 Å². The number of aryl methyl sites for hydroxylation is 2. The maximum Gasteiger partial charge on any atom is 0.123 e. The molecule has 17 heavy (non-hydrogen) atoms. The van der Waals surface area contributed by atoms with Crippen molar-refractivity contribution in [1.29, 1.82) is 0 Å². The fourth-order valence-corrected chi connectivity index (χ4v) is 2.94. The van der Waals surface area contributed by atoms with Crippen molar-refractivity contribution in [2.45, 2.75) is 20.0 Å². The number of aliphatic hydroxyl groups is 1. The van der Waals surface area contributed by atoms with Crippen LogP contribution in [0.5, 0.6) is 0 Å². The zero-order chi connectivity index (χ0) is 12.6. The summed E-state index contributed by atoms with van der Waals surface area (Å²) >= 11 is 7.33. The van der Waals surface area contributed by atoms with Crippen molar-refractivity contribution < 1.29 is 9.50 Å². The molecular weight excluding hydrogens is 259 g/mol. The summed E-state index contributed by atoms with van der Waals surface area (Å²) < 4.78 is 13.7. The van der Waals surface area contributed by atoms with Gasteiger partial charge in [-0.1, -0.05) is 17.7 Å². The van der Waals surface area contributed by atoms with E-state index in [-0.39, 0.29) is 5.82 Å². The molecule has 0 saturated carbocycles. The van der Waals surface area contributed by atoms with Crippen LogP contribution in [0.25, 0.3) is 0 Å². The molecule has 1 heterocycles. The highest BCUT2D eigenvalue weighted by molar-refractivity contribution is 7.16. The zero-order valence-corrected chi connectivity index (χ0v) is 11.1. The monoisotopic (exact) mass is 270 g/mol. The summed E-state index contributed by atoms with van der Waals surface area (Å²) in [7, 11) is 0. The molecule has 0 bridgehead atoms. The third-order valence-corrected chi connectivity index (χ3v) is 4.28. The van der Waals surface area contributed by atoms with Crippen LogP contribution in [0.1, 0.15) is 27.7 Å². The maximum absolute atomic E-state index is 13.0. The van der Waals surface area contributed by atoms with Gasteiger partial charge in [-0.25, -0.2) is 4.39 Å². The standard InChI is InChI=1S/C13H12ClFOS/c1-7-5-9(15)3-4-10(7)12(16)11-6-8(2)13(14)17-11/h3-6,12,16H,1-2H3. The Bertz CT molecular complexity index is 531. The largest absolute Gasteiger partial charge is 0.383 e. The molecule has 1 nitrogen and oxygen atoms in total. The van der Waals surface area contributed by atoms with Gasteiger partial charge in [0.2, 0.25) is 0 Å². The van der Waals surface area contributed by atoms with Crippen LogP contribution in [0.4, 0.5) is 4.39 Å². The summed E-state index contributed by atoms with van der Waals surface area (Å²) in [6.07, 6.45) is -0.744. The second-order valence-corrected chi connectivity index (χ2v) is 5.69. The summed E-state index contributed by atoms with van der Waals surface area (Å²) in [6.45, 7) is 3.68. The average Bonchev–Trinajstić information content (AvgIpc) is 2.58. The Hall–Kier alpha value is -0.900. The lowest BCUT2D eigenvalue weighted by atomic mass is 10.0. The molecule has 1 aromatic heterocycles. The number of halogens is 2. The van der Waals surface area contributed by atoms with Crippen LogP contribution in [-0.4, -0.2) is 5.11 Å². The number of aliphatic hydroxyl groups excluding tert-OH is 1. The molecule has 1 N–H and O–H groups in total. The molecule has 4 heteroatoms. The second kappa shape index (κ2) is 4.77. The fraction of sp³-hybridized carbons (Fsp3) is 0.231. The van der Waals surface area contributed by atoms with E-state index in [1.807, 2.05) is 13.0 Å². The van der Waals surface area contributed by atoms with Gasteiger partial charge in [0, 0.05) is 4.88 Å². The smallest absolute Gasteiger partial charge is 0.123 e. The molecule has 0 fully saturated rings. The average molecular weight is 271 g/mol. The molecule has 0 radical (unpaired) electrons. The first-order valence-electron chi connectivity index (χ1n) is 5.19. The lowest BCUT2D eigenvalue weighted by molar-refractivity contribution is 0.223. The van der Waals surface area contributed by atoms with E-state index in [2.05, 4.69) is 0 Å². The first-order valence-corrected chi connectivity index (χ1v) is 6.38. The quantitative estimate of drug-likeness (QED) is 0.865. The predicted octanol–water partition coefficient (Wildman–Crippen LogP) is 4.24. The molecule has 1 atom stereocenters. The summed E-state index contributed by atoms with van der Waals surface area (Å²) in [6, 6.07) is 6.24. The minimum Gasteiger partial charge on any atom is -0.383 e. The van der Waals surface area contributed by atoms with Gasteiger partial charge >= 0.3 is 0 Å². The first-order chi connectivity index (χ1) is 7.99. The molecule has 2 aromatic rings. The van der Waals surface area contributed by atoms with Gasteiger partial charge in [0.05, 0.1) is 4.34 Å². The van der Waals surface area contributed by atoms with Gasteiger partial charge in [-0.2, -0.15) is 0 Å². The van der Waals surface area contributed by atoms with Crippen molar-refractivity contribution in [1.82, 2.24) is 0 Å². The van der Waals surface area contributed by atoms with Crippen molar-refractivity contribution in [3.63, 3.8) is 0 Å². The third-order valence-electron chi connectivity index (χ3n) is 2.67. The number of benzene rings is 1. The van der Waals surface area contributed by atoms with E-state index in [4.69, 9.17) is 11.6 Å². The van der Waals surface area contributed by atoms with Crippen molar-refractivity contribution >= 4 is 22.9 Å². The van der Waals surface area contributed by atoms with E-state index in [1.165, 1.54) is 23.5 Å². The van der Waals surface area contributed by atoms with E-state index in [0.717, 1.165) is 16.0 Å². The Kier molecular flexibility index (Phi) is 3.52. The summed E-state index contributed by atoms with van der Waals surface area (Å²) in [5.41, 5.74) is 2.40. The highest BCUT2D eigenvalue weighted by atomic mass is 35.5. The highest BCUT2D eigenvalue weighted by Crippen LogP contribution is 2.35. The van der Waals surface area contributed by atoms with Crippen LogP contribution in [-0.2, 0) is 0 Å². The molecule has 0 aliphatic rings. The van der Waals surface area contributed by atoms with Crippen molar-refractivity contribution in [2.24, 2.45) is 0 Å². The van der Waals surface area contributed by atoms with Crippen molar-refractivity contribution in [3.05, 3.63) is 56.0 Å². The van der Waals surface area contributed by atoms with Crippen LogP contribution < -0.4 is 0 Å². The maximum atomic E-state index is 13.0. The van der Waals surface area contributed by atoms with Gasteiger partial charge in [-0.05, 0) is 48.7 Å². The van der Waals surface area contributed by atoms with E-state index >= 15 is 0 Å². The molecule has 1 unspecified atom stereocenters. The topological polar surface area (TPSA) is 20.2 Å². The minimum absolute atomic E-state index is 0.293. The zero-order valence-electron chi connectivity index (χ0n) is 9.50. The summed E-state index contributed by atoms with van der Waals surface area (Å²) in [5, 5.41) is 10.2. The van der Waals surface area contributed by atoms with Gasteiger partial charge in [-0.15, -0.1) is 11.3 Å². The molecule has 0 aliphatic heterocycles. The van der Waals surface area contributed by atoms with Crippen LogP contribution >= 0.6 is 22.9 Å². The van der Waals surface area contributed by atoms with E-state index in [1.54, 1.807) is 13.0 Å². The number of hydrogen-bond donors (Lipinski definition) is 1. The molecule has 0 saturated heterocycles. The Morgan fingerprint density at radius 2 is 1.94 bits per heavy atom. The van der Waals surface area contributed by atoms with Crippen LogP contribution in [0, 0.1) is 19.7 Å². The molecule has 0 aliphatic carbocycles. The van der Waals surface area contributed by atoms with Crippen LogP contribution in [0.3, 0.4) is 0 Å².